The van der Waals surface area contributed by atoms with Crippen LogP contribution in [0.2, 0.25) is 0 Å². The highest BCUT2D eigenvalue weighted by atomic mass is 19.4. The van der Waals surface area contributed by atoms with Gasteiger partial charge in [-0.3, -0.25) is 4.79 Å². The van der Waals surface area contributed by atoms with Crippen molar-refractivity contribution in [3.8, 4) is 0 Å². The number of piperazine rings is 1. The molecule has 2 N–H and O–H groups in total. The Hall–Kier alpha value is -3.32. The maximum absolute atomic E-state index is 14.1. The number of nitrogens with zero attached hydrogens (tertiary/aromatic N) is 3. The third kappa shape index (κ3) is 6.26. The number of carbonyl (C=O) groups excluding carboxylic acids is 2. The fraction of sp³-hybridized carbons (Fsp3) is 0.548. The van der Waals surface area contributed by atoms with Gasteiger partial charge in [0.25, 0.3) is 0 Å². The van der Waals surface area contributed by atoms with Crippen molar-refractivity contribution >= 4 is 11.9 Å². The fourth-order valence-electron chi connectivity index (χ4n) is 6.70. The molecule has 4 rings (SSSR count). The summed E-state index contributed by atoms with van der Waals surface area (Å²) in [5.74, 6) is -0.224. The molecular weight excluding hydrogens is 592 g/mol. The van der Waals surface area contributed by atoms with E-state index >= 15 is 0 Å². The van der Waals surface area contributed by atoms with Crippen molar-refractivity contribution in [3.05, 3.63) is 69.8 Å². The second-order valence-corrected chi connectivity index (χ2v) is 11.9. The lowest BCUT2D eigenvalue weighted by atomic mass is 9.77. The molecule has 2 heterocycles. The molecule has 2 aliphatic rings. The standard InChI is InChI=1S/C31H37F6N3O4/c1-18-5-6-24(19(2)13-18)26-25-17-29(7-11-41,8-12-42)27(43)39(25)9-10-40(26)28(44)38(4)20(3)21-14-22(30(32,33)34)16-23(15-21)31(35,36)37/h5-6,13-16,20,25-26,41-42H,7-12,17H2,1-4H3/t20-,25+,26?/m1/s1. The molecule has 3 atom stereocenters. The number of aliphatic hydroxyl groups is 2. The fourth-order valence-corrected chi connectivity index (χ4v) is 6.70. The quantitative estimate of drug-likeness (QED) is 0.376. The minimum atomic E-state index is -5.03. The predicted octanol–water partition coefficient (Wildman–Crippen LogP) is 5.86. The molecule has 2 aromatic rings. The Labute approximate surface area is 252 Å². The highest BCUT2D eigenvalue weighted by molar-refractivity contribution is 5.86. The molecule has 242 valence electrons. The van der Waals surface area contributed by atoms with E-state index in [0.29, 0.717) is 12.1 Å². The van der Waals surface area contributed by atoms with E-state index in [1.807, 2.05) is 32.0 Å². The third-order valence-corrected chi connectivity index (χ3v) is 9.14. The Morgan fingerprint density at radius 1 is 0.977 bits per heavy atom. The number of hydrogen-bond acceptors (Lipinski definition) is 4. The largest absolute Gasteiger partial charge is 0.416 e. The highest BCUT2D eigenvalue weighted by Gasteiger charge is 2.56. The molecule has 44 heavy (non-hydrogen) atoms. The van der Waals surface area contributed by atoms with Gasteiger partial charge in [-0.05, 0) is 74.9 Å². The van der Waals surface area contributed by atoms with Crippen molar-refractivity contribution in [2.75, 3.05) is 33.4 Å². The topological polar surface area (TPSA) is 84.3 Å². The summed E-state index contributed by atoms with van der Waals surface area (Å²) in [4.78, 5) is 32.2. The average Bonchev–Trinajstić information content (AvgIpc) is 3.21. The van der Waals surface area contributed by atoms with E-state index in [0.717, 1.165) is 21.6 Å². The molecule has 2 fully saturated rings. The molecule has 0 radical (unpaired) electrons. The molecule has 0 bridgehead atoms. The Morgan fingerprint density at radius 2 is 1.55 bits per heavy atom. The maximum Gasteiger partial charge on any atom is 0.416 e. The van der Waals surface area contributed by atoms with E-state index in [2.05, 4.69) is 0 Å². The Balaban J connectivity index is 1.76. The monoisotopic (exact) mass is 629 g/mol. The van der Waals surface area contributed by atoms with Crippen molar-refractivity contribution < 1.29 is 46.1 Å². The van der Waals surface area contributed by atoms with Crippen LogP contribution in [0.1, 0.15) is 71.7 Å². The van der Waals surface area contributed by atoms with Crippen LogP contribution in [-0.2, 0) is 17.1 Å². The van der Waals surface area contributed by atoms with Crippen LogP contribution < -0.4 is 0 Å². The van der Waals surface area contributed by atoms with Gasteiger partial charge in [0.15, 0.2) is 0 Å². The van der Waals surface area contributed by atoms with Gasteiger partial charge in [-0.1, -0.05) is 23.8 Å². The molecule has 1 unspecified atom stereocenters. The summed E-state index contributed by atoms with van der Waals surface area (Å²) in [7, 11) is 1.33. The van der Waals surface area contributed by atoms with Crippen LogP contribution in [0.5, 0.6) is 0 Å². The first kappa shape index (κ1) is 33.6. The first-order valence-corrected chi connectivity index (χ1v) is 14.4. The Morgan fingerprint density at radius 3 is 2.05 bits per heavy atom. The van der Waals surface area contributed by atoms with E-state index < -0.39 is 53.1 Å². The molecule has 2 aliphatic heterocycles. The Kier molecular flexibility index (Phi) is 9.33. The van der Waals surface area contributed by atoms with Crippen molar-refractivity contribution in [1.29, 1.82) is 0 Å². The van der Waals surface area contributed by atoms with Gasteiger partial charge < -0.3 is 24.9 Å². The van der Waals surface area contributed by atoms with Gasteiger partial charge in [-0.2, -0.15) is 26.3 Å². The number of alkyl halides is 6. The van der Waals surface area contributed by atoms with Crippen LogP contribution >= 0.6 is 0 Å². The maximum atomic E-state index is 14.1. The normalized spacial score (nSPS) is 21.0. The van der Waals surface area contributed by atoms with E-state index in [4.69, 9.17) is 0 Å². The lowest BCUT2D eigenvalue weighted by Crippen LogP contribution is -2.57. The molecule has 2 aromatic carbocycles. The summed E-state index contributed by atoms with van der Waals surface area (Å²) >= 11 is 0. The van der Waals surface area contributed by atoms with E-state index in [-0.39, 0.29) is 63.1 Å². The van der Waals surface area contributed by atoms with E-state index in [9.17, 15) is 46.1 Å². The number of aliphatic hydroxyl groups excluding tert-OH is 2. The number of halogens is 6. The highest BCUT2D eigenvalue weighted by Crippen LogP contribution is 2.49. The number of amides is 3. The van der Waals surface area contributed by atoms with E-state index in [1.54, 1.807) is 4.90 Å². The van der Waals surface area contributed by atoms with Gasteiger partial charge >= 0.3 is 18.4 Å². The number of aryl methyl sites for hydroxylation is 2. The number of carbonyl (C=O) groups is 2. The second kappa shape index (κ2) is 12.2. The summed E-state index contributed by atoms with van der Waals surface area (Å²) in [6.07, 6.45) is -9.57. The van der Waals surface area contributed by atoms with Gasteiger partial charge in [-0.15, -0.1) is 0 Å². The van der Waals surface area contributed by atoms with Gasteiger partial charge in [0.2, 0.25) is 5.91 Å². The second-order valence-electron chi connectivity index (χ2n) is 11.9. The van der Waals surface area contributed by atoms with E-state index in [1.165, 1.54) is 18.9 Å². The van der Waals surface area contributed by atoms with Crippen LogP contribution in [-0.4, -0.2) is 76.2 Å². The first-order valence-electron chi connectivity index (χ1n) is 14.4. The van der Waals surface area contributed by atoms with Gasteiger partial charge in [0, 0.05) is 33.4 Å². The summed E-state index contributed by atoms with van der Waals surface area (Å²) in [6.45, 7) is 4.77. The zero-order valence-corrected chi connectivity index (χ0v) is 25.0. The summed E-state index contributed by atoms with van der Waals surface area (Å²) in [5, 5.41) is 19.6. The lowest BCUT2D eigenvalue weighted by Gasteiger charge is -2.47. The smallest absolute Gasteiger partial charge is 0.396 e. The summed E-state index contributed by atoms with van der Waals surface area (Å²) < 4.78 is 81.4. The molecule has 0 spiro atoms. The van der Waals surface area contributed by atoms with Crippen LogP contribution in [0.15, 0.2) is 36.4 Å². The van der Waals surface area contributed by atoms with Crippen LogP contribution in [0.4, 0.5) is 31.1 Å². The van der Waals surface area contributed by atoms with Crippen molar-refractivity contribution in [2.45, 2.75) is 70.5 Å². The molecule has 13 heteroatoms. The first-order chi connectivity index (χ1) is 20.4. The molecule has 0 aromatic heterocycles. The zero-order chi connectivity index (χ0) is 32.8. The van der Waals surface area contributed by atoms with Crippen LogP contribution in [0.3, 0.4) is 0 Å². The predicted molar refractivity (Wildman–Crippen MR) is 149 cm³/mol. The number of benzene rings is 2. The number of fused-ring (bicyclic) bond motifs is 1. The molecule has 0 aliphatic carbocycles. The van der Waals surface area contributed by atoms with Gasteiger partial charge in [-0.25, -0.2) is 4.79 Å². The van der Waals surface area contributed by atoms with Crippen LogP contribution in [0.25, 0.3) is 0 Å². The Bertz CT molecular complexity index is 1360. The summed E-state index contributed by atoms with van der Waals surface area (Å²) in [5.41, 5.74) is -1.75. The average molecular weight is 630 g/mol. The molecular formula is C31H37F6N3O4. The van der Waals surface area contributed by atoms with Crippen molar-refractivity contribution in [3.63, 3.8) is 0 Å². The molecule has 3 amide bonds. The lowest BCUT2D eigenvalue weighted by molar-refractivity contribution is -0.143. The molecule has 0 saturated carbocycles. The zero-order valence-electron chi connectivity index (χ0n) is 25.0. The number of hydrogen-bond donors (Lipinski definition) is 2. The third-order valence-electron chi connectivity index (χ3n) is 9.14. The number of rotatable bonds is 7. The van der Waals surface area contributed by atoms with Crippen molar-refractivity contribution in [1.82, 2.24) is 14.7 Å². The summed E-state index contributed by atoms with van der Waals surface area (Å²) in [6, 6.07) is 3.92. The van der Waals surface area contributed by atoms with Crippen LogP contribution in [0, 0.1) is 19.3 Å². The SMILES string of the molecule is Cc1ccc(C2[C@@H]3CC(CCO)(CCO)C(=O)N3CCN2C(=O)N(C)[C@H](C)c2cc(C(F)(F)F)cc(C(F)(F)F)c2)c(C)c1. The molecule has 2 saturated heterocycles. The minimum absolute atomic E-state index is 0.0512. The van der Waals surface area contributed by atoms with Gasteiger partial charge in [0.1, 0.15) is 0 Å². The molecule has 7 nitrogen and oxygen atoms in total. The minimum Gasteiger partial charge on any atom is -0.396 e. The number of urea groups is 1. The van der Waals surface area contributed by atoms with Gasteiger partial charge in [0.05, 0.1) is 34.7 Å². The van der Waals surface area contributed by atoms with Crippen molar-refractivity contribution in [2.24, 2.45) is 5.41 Å².